The molecule has 0 aromatic carbocycles. The predicted molar refractivity (Wildman–Crippen MR) is 95.7 cm³/mol. The van der Waals surface area contributed by atoms with Gasteiger partial charge in [0.05, 0.1) is 30.6 Å². The summed E-state index contributed by atoms with van der Waals surface area (Å²) in [4.78, 5) is 23.3. The summed E-state index contributed by atoms with van der Waals surface area (Å²) in [5, 5.41) is 2.99. The molecular weight excluding hydrogens is 318 g/mol. The van der Waals surface area contributed by atoms with Crippen LogP contribution < -0.4 is 5.32 Å². The number of aromatic nitrogens is 3. The Hall–Kier alpha value is -2.25. The zero-order valence-corrected chi connectivity index (χ0v) is 14.8. The Bertz CT molecular complexity index is 671. The summed E-state index contributed by atoms with van der Waals surface area (Å²) < 4.78 is 7.53. The molecule has 0 radical (unpaired) electrons. The van der Waals surface area contributed by atoms with Crippen LogP contribution in [0.25, 0.3) is 5.82 Å². The molecule has 3 heterocycles. The van der Waals surface area contributed by atoms with E-state index in [1.165, 1.54) is 0 Å². The zero-order valence-electron chi connectivity index (χ0n) is 14.8. The van der Waals surface area contributed by atoms with Crippen LogP contribution in [0.15, 0.2) is 37.1 Å². The van der Waals surface area contributed by atoms with Gasteiger partial charge in [-0.05, 0) is 25.0 Å². The third kappa shape index (κ3) is 4.24. The van der Waals surface area contributed by atoms with E-state index in [2.05, 4.69) is 27.1 Å². The molecule has 0 spiro atoms. The van der Waals surface area contributed by atoms with Crippen LogP contribution in [0.3, 0.4) is 0 Å². The average molecular weight is 343 g/mol. The number of hydrogen-bond acceptors (Lipinski definition) is 5. The van der Waals surface area contributed by atoms with Crippen LogP contribution in [0.5, 0.6) is 0 Å². The van der Waals surface area contributed by atoms with E-state index in [-0.39, 0.29) is 18.1 Å². The molecule has 2 aromatic rings. The minimum Gasteiger partial charge on any atom is -0.376 e. The number of carbonyl (C=O) groups excluding carboxylic acids is 1. The second kappa shape index (κ2) is 8.22. The van der Waals surface area contributed by atoms with Crippen LogP contribution in [-0.2, 0) is 9.53 Å². The standard InChI is InChI=1S/C18H25N5O2/c1-3-15-12-22(9-10-25-15)16(4-2)18(24)21-14-5-6-17(20-11-14)23-8-7-19-13-23/h5-8,11,13,15-16H,3-4,9-10,12H2,1-2H3,(H,21,24). The van der Waals surface area contributed by atoms with Gasteiger partial charge in [-0.2, -0.15) is 0 Å². The molecule has 1 amide bonds. The van der Waals surface area contributed by atoms with Gasteiger partial charge in [-0.15, -0.1) is 0 Å². The maximum Gasteiger partial charge on any atom is 0.241 e. The lowest BCUT2D eigenvalue weighted by Crippen LogP contribution is -2.51. The fourth-order valence-corrected chi connectivity index (χ4v) is 3.11. The van der Waals surface area contributed by atoms with Gasteiger partial charge in [0.15, 0.2) is 0 Å². The number of imidazole rings is 1. The zero-order chi connectivity index (χ0) is 17.6. The number of morpholine rings is 1. The molecule has 0 saturated carbocycles. The highest BCUT2D eigenvalue weighted by atomic mass is 16.5. The maximum absolute atomic E-state index is 12.7. The Labute approximate surface area is 148 Å². The number of carbonyl (C=O) groups is 1. The van der Waals surface area contributed by atoms with Crippen LogP contribution in [0, 0.1) is 0 Å². The maximum atomic E-state index is 12.7. The molecule has 1 aliphatic rings. The predicted octanol–water partition coefficient (Wildman–Crippen LogP) is 2.10. The van der Waals surface area contributed by atoms with Crippen molar-refractivity contribution in [3.63, 3.8) is 0 Å². The highest BCUT2D eigenvalue weighted by Crippen LogP contribution is 2.16. The van der Waals surface area contributed by atoms with Crippen LogP contribution >= 0.6 is 0 Å². The van der Waals surface area contributed by atoms with Gasteiger partial charge < -0.3 is 10.1 Å². The molecule has 2 unspecified atom stereocenters. The lowest BCUT2D eigenvalue weighted by molar-refractivity contribution is -0.125. The highest BCUT2D eigenvalue weighted by molar-refractivity contribution is 5.94. The summed E-state index contributed by atoms with van der Waals surface area (Å²) in [6, 6.07) is 3.58. The van der Waals surface area contributed by atoms with Crippen molar-refractivity contribution < 1.29 is 9.53 Å². The van der Waals surface area contributed by atoms with Crippen molar-refractivity contribution in [3.8, 4) is 5.82 Å². The van der Waals surface area contributed by atoms with Crippen molar-refractivity contribution in [2.75, 3.05) is 25.0 Å². The largest absolute Gasteiger partial charge is 0.376 e. The van der Waals surface area contributed by atoms with Crippen molar-refractivity contribution in [1.29, 1.82) is 0 Å². The second-order valence-corrected chi connectivity index (χ2v) is 6.18. The van der Waals surface area contributed by atoms with Crippen molar-refractivity contribution in [2.24, 2.45) is 0 Å². The van der Waals surface area contributed by atoms with Gasteiger partial charge in [0.25, 0.3) is 0 Å². The summed E-state index contributed by atoms with van der Waals surface area (Å²) in [7, 11) is 0. The Morgan fingerprint density at radius 3 is 2.96 bits per heavy atom. The lowest BCUT2D eigenvalue weighted by Gasteiger charge is -2.36. The van der Waals surface area contributed by atoms with Gasteiger partial charge in [-0.25, -0.2) is 9.97 Å². The molecule has 134 valence electrons. The minimum absolute atomic E-state index is 0.0106. The van der Waals surface area contributed by atoms with Crippen LogP contribution in [0.2, 0.25) is 0 Å². The molecule has 0 bridgehead atoms. The van der Waals surface area contributed by atoms with E-state index in [9.17, 15) is 4.79 Å². The van der Waals surface area contributed by atoms with Gasteiger partial charge in [0, 0.05) is 25.5 Å². The van der Waals surface area contributed by atoms with Crippen molar-refractivity contribution >= 4 is 11.6 Å². The molecule has 1 aliphatic heterocycles. The van der Waals surface area contributed by atoms with Crippen molar-refractivity contribution in [1.82, 2.24) is 19.4 Å². The minimum atomic E-state index is -0.147. The third-order valence-corrected chi connectivity index (χ3v) is 4.54. The Balaban J connectivity index is 1.63. The van der Waals surface area contributed by atoms with Gasteiger partial charge in [0.1, 0.15) is 12.1 Å². The van der Waals surface area contributed by atoms with Gasteiger partial charge in [-0.1, -0.05) is 13.8 Å². The van der Waals surface area contributed by atoms with Gasteiger partial charge in [0.2, 0.25) is 5.91 Å². The molecule has 2 aromatic heterocycles. The molecule has 1 saturated heterocycles. The van der Waals surface area contributed by atoms with Gasteiger partial charge in [-0.3, -0.25) is 14.3 Å². The topological polar surface area (TPSA) is 72.3 Å². The van der Waals surface area contributed by atoms with Gasteiger partial charge >= 0.3 is 0 Å². The highest BCUT2D eigenvalue weighted by Gasteiger charge is 2.29. The number of hydrogen-bond donors (Lipinski definition) is 1. The number of pyridine rings is 1. The smallest absolute Gasteiger partial charge is 0.241 e. The summed E-state index contributed by atoms with van der Waals surface area (Å²) >= 11 is 0. The second-order valence-electron chi connectivity index (χ2n) is 6.18. The summed E-state index contributed by atoms with van der Waals surface area (Å²) in [6.45, 7) is 6.44. The molecule has 1 N–H and O–H groups in total. The number of nitrogens with zero attached hydrogens (tertiary/aromatic N) is 4. The first-order valence-corrected chi connectivity index (χ1v) is 8.82. The fraction of sp³-hybridized carbons (Fsp3) is 0.500. The Kier molecular flexibility index (Phi) is 5.78. The first kappa shape index (κ1) is 17.6. The first-order chi connectivity index (χ1) is 12.2. The first-order valence-electron chi connectivity index (χ1n) is 8.82. The molecule has 3 rings (SSSR count). The van der Waals surface area contributed by atoms with E-state index < -0.39 is 0 Å². The summed E-state index contributed by atoms with van der Waals surface area (Å²) in [6.07, 6.45) is 8.85. The van der Waals surface area contributed by atoms with E-state index >= 15 is 0 Å². The number of rotatable bonds is 6. The number of nitrogens with one attached hydrogen (secondary N) is 1. The Morgan fingerprint density at radius 2 is 2.32 bits per heavy atom. The Morgan fingerprint density at radius 1 is 1.44 bits per heavy atom. The molecule has 2 atom stereocenters. The van der Waals surface area contributed by atoms with Crippen LogP contribution in [0.1, 0.15) is 26.7 Å². The SMILES string of the molecule is CCC1CN(C(CC)C(=O)Nc2ccc(-n3ccnc3)nc2)CCO1. The average Bonchev–Trinajstić information content (AvgIpc) is 3.18. The van der Waals surface area contributed by atoms with E-state index in [4.69, 9.17) is 4.74 Å². The van der Waals surface area contributed by atoms with Crippen LogP contribution in [-0.4, -0.2) is 57.2 Å². The van der Waals surface area contributed by atoms with E-state index in [0.717, 1.165) is 31.7 Å². The van der Waals surface area contributed by atoms with Crippen molar-refractivity contribution in [3.05, 3.63) is 37.1 Å². The molecule has 7 nitrogen and oxygen atoms in total. The summed E-state index contributed by atoms with van der Waals surface area (Å²) in [5.41, 5.74) is 0.701. The number of amides is 1. The molecule has 7 heteroatoms. The quantitative estimate of drug-likeness (QED) is 0.869. The molecule has 25 heavy (non-hydrogen) atoms. The van der Waals surface area contributed by atoms with E-state index in [1.807, 2.05) is 29.8 Å². The molecule has 0 aliphatic carbocycles. The lowest BCUT2D eigenvalue weighted by atomic mass is 10.1. The van der Waals surface area contributed by atoms with Crippen molar-refractivity contribution in [2.45, 2.75) is 38.8 Å². The monoisotopic (exact) mass is 343 g/mol. The third-order valence-electron chi connectivity index (χ3n) is 4.54. The van der Waals surface area contributed by atoms with E-state index in [0.29, 0.717) is 12.3 Å². The number of anilines is 1. The normalized spacial score (nSPS) is 19.5. The molecule has 1 fully saturated rings. The molecular formula is C18H25N5O2. The fourth-order valence-electron chi connectivity index (χ4n) is 3.11. The number of ether oxygens (including phenoxy) is 1. The van der Waals surface area contributed by atoms with Crippen LogP contribution in [0.4, 0.5) is 5.69 Å². The summed E-state index contributed by atoms with van der Waals surface area (Å²) in [5.74, 6) is 0.776. The van der Waals surface area contributed by atoms with E-state index in [1.54, 1.807) is 18.7 Å².